The van der Waals surface area contributed by atoms with Crippen molar-refractivity contribution in [2.45, 2.75) is 24.4 Å². The monoisotopic (exact) mass is 287 g/mol. The second-order valence-electron chi connectivity index (χ2n) is 3.88. The summed E-state index contributed by atoms with van der Waals surface area (Å²) in [6, 6.07) is 1.52. The van der Waals surface area contributed by atoms with Crippen LogP contribution in [0, 0.1) is 0 Å². The summed E-state index contributed by atoms with van der Waals surface area (Å²) in [4.78, 5) is 24.8. The number of carbonyl (C=O) groups is 2. The average Bonchev–Trinajstić information content (AvgIpc) is 2.27. The van der Waals surface area contributed by atoms with E-state index in [0.29, 0.717) is 0 Å². The van der Waals surface area contributed by atoms with Gasteiger partial charge in [-0.25, -0.2) is 22.9 Å². The number of nitrogens with two attached hydrogens (primary N) is 1. The number of primary amides is 1. The zero-order valence-corrected chi connectivity index (χ0v) is 10.8. The van der Waals surface area contributed by atoms with Crippen molar-refractivity contribution in [2.24, 2.45) is 5.73 Å². The van der Waals surface area contributed by atoms with Gasteiger partial charge in [0.05, 0.1) is 5.56 Å². The molecule has 0 fully saturated rings. The van der Waals surface area contributed by atoms with Gasteiger partial charge < -0.3 is 10.8 Å². The van der Waals surface area contributed by atoms with Gasteiger partial charge in [0, 0.05) is 18.7 Å². The van der Waals surface area contributed by atoms with E-state index >= 15 is 0 Å². The third-order valence-corrected chi connectivity index (χ3v) is 3.63. The second-order valence-corrected chi connectivity index (χ2v) is 5.54. The van der Waals surface area contributed by atoms with Crippen LogP contribution in [0.4, 0.5) is 0 Å². The fourth-order valence-electron chi connectivity index (χ4n) is 1.33. The smallest absolute Gasteiger partial charge is 0.337 e. The van der Waals surface area contributed by atoms with Crippen LogP contribution in [0.2, 0.25) is 0 Å². The van der Waals surface area contributed by atoms with Gasteiger partial charge in [0.25, 0.3) is 10.0 Å². The Morgan fingerprint density at radius 1 is 1.47 bits per heavy atom. The first-order valence-corrected chi connectivity index (χ1v) is 6.70. The Hall–Kier alpha value is -2.00. The predicted octanol–water partition coefficient (Wildman–Crippen LogP) is -0.678. The molecule has 1 aromatic rings. The lowest BCUT2D eigenvalue weighted by Crippen LogP contribution is -2.36. The van der Waals surface area contributed by atoms with Crippen molar-refractivity contribution in [1.82, 2.24) is 9.71 Å². The van der Waals surface area contributed by atoms with E-state index in [1.807, 2.05) is 0 Å². The molecule has 8 nitrogen and oxygen atoms in total. The van der Waals surface area contributed by atoms with Gasteiger partial charge in [-0.15, -0.1) is 0 Å². The molecule has 0 saturated carbocycles. The molecule has 0 radical (unpaired) electrons. The van der Waals surface area contributed by atoms with E-state index in [9.17, 15) is 18.0 Å². The molecule has 0 spiro atoms. The highest BCUT2D eigenvalue weighted by molar-refractivity contribution is 7.89. The fourth-order valence-corrected chi connectivity index (χ4v) is 2.51. The van der Waals surface area contributed by atoms with Crippen LogP contribution in [0.15, 0.2) is 23.4 Å². The quantitative estimate of drug-likeness (QED) is 0.633. The maximum atomic E-state index is 11.8. The summed E-state index contributed by atoms with van der Waals surface area (Å²) in [5.41, 5.74) is 4.83. The van der Waals surface area contributed by atoms with Gasteiger partial charge >= 0.3 is 5.97 Å². The van der Waals surface area contributed by atoms with Gasteiger partial charge in [0.15, 0.2) is 5.03 Å². The van der Waals surface area contributed by atoms with Gasteiger partial charge in [0.1, 0.15) is 0 Å². The average molecular weight is 287 g/mol. The van der Waals surface area contributed by atoms with E-state index in [4.69, 9.17) is 10.8 Å². The normalized spacial score (nSPS) is 12.9. The summed E-state index contributed by atoms with van der Waals surface area (Å²) in [7, 11) is -3.91. The van der Waals surface area contributed by atoms with Crippen LogP contribution in [0.3, 0.4) is 0 Å². The van der Waals surface area contributed by atoms with Crippen LogP contribution in [-0.2, 0) is 14.8 Å². The van der Waals surface area contributed by atoms with Crippen LogP contribution < -0.4 is 10.5 Å². The fraction of sp³-hybridized carbons (Fsp3) is 0.300. The maximum absolute atomic E-state index is 11.8. The number of hydrogen-bond donors (Lipinski definition) is 3. The van der Waals surface area contributed by atoms with Crippen molar-refractivity contribution in [3.8, 4) is 0 Å². The summed E-state index contributed by atoms with van der Waals surface area (Å²) >= 11 is 0. The van der Waals surface area contributed by atoms with Crippen molar-refractivity contribution < 1.29 is 23.1 Å². The molecule has 4 N–H and O–H groups in total. The number of carboxylic acids is 1. The van der Waals surface area contributed by atoms with Crippen molar-refractivity contribution >= 4 is 21.9 Å². The molecular formula is C10H13N3O5S. The minimum Gasteiger partial charge on any atom is -0.478 e. The standard InChI is InChI=1S/C10H13N3O5S/c1-6(4-8(11)14)13-19(17,18)9-3-2-7(5-12-9)10(15)16/h2-3,5-6,13H,4H2,1H3,(H2,11,14)(H,15,16). The molecule has 9 heteroatoms. The molecule has 1 heterocycles. The molecule has 0 aliphatic carbocycles. The van der Waals surface area contributed by atoms with E-state index in [2.05, 4.69) is 9.71 Å². The molecule has 1 unspecified atom stereocenters. The number of hydrogen-bond acceptors (Lipinski definition) is 5. The molecule has 0 aromatic carbocycles. The van der Waals surface area contributed by atoms with Crippen LogP contribution in [0.25, 0.3) is 0 Å². The van der Waals surface area contributed by atoms with Gasteiger partial charge in [0.2, 0.25) is 5.91 Å². The van der Waals surface area contributed by atoms with E-state index in [1.54, 1.807) is 0 Å². The molecule has 0 saturated heterocycles. The number of nitrogens with zero attached hydrogens (tertiary/aromatic N) is 1. The number of carbonyl (C=O) groups excluding carboxylic acids is 1. The highest BCUT2D eigenvalue weighted by Gasteiger charge is 2.20. The second kappa shape index (κ2) is 5.76. The molecule has 0 bridgehead atoms. The van der Waals surface area contributed by atoms with E-state index in [0.717, 1.165) is 18.3 Å². The van der Waals surface area contributed by atoms with E-state index in [-0.39, 0.29) is 17.0 Å². The topological polar surface area (TPSA) is 139 Å². The Morgan fingerprint density at radius 2 is 2.11 bits per heavy atom. The van der Waals surface area contributed by atoms with Crippen LogP contribution in [0.1, 0.15) is 23.7 Å². The number of pyridine rings is 1. The van der Waals surface area contributed by atoms with Crippen molar-refractivity contribution in [1.29, 1.82) is 0 Å². The molecule has 104 valence electrons. The number of aromatic carboxylic acids is 1. The molecule has 0 aliphatic rings. The zero-order chi connectivity index (χ0) is 14.6. The third kappa shape index (κ3) is 4.30. The number of amides is 1. The maximum Gasteiger partial charge on any atom is 0.337 e. The minimum absolute atomic E-state index is 0.121. The van der Waals surface area contributed by atoms with Crippen molar-refractivity contribution in [2.75, 3.05) is 0 Å². The predicted molar refractivity (Wildman–Crippen MR) is 64.8 cm³/mol. The third-order valence-electron chi connectivity index (χ3n) is 2.12. The molecule has 1 aromatic heterocycles. The minimum atomic E-state index is -3.91. The number of rotatable bonds is 6. The molecule has 19 heavy (non-hydrogen) atoms. The Balaban J connectivity index is 2.88. The summed E-state index contributed by atoms with van der Waals surface area (Å²) in [6.07, 6.45) is 0.794. The van der Waals surface area contributed by atoms with E-state index < -0.39 is 27.9 Å². The lowest BCUT2D eigenvalue weighted by Gasteiger charge is -2.11. The number of sulfonamides is 1. The Kier molecular flexibility index (Phi) is 4.57. The van der Waals surface area contributed by atoms with Crippen LogP contribution >= 0.6 is 0 Å². The van der Waals surface area contributed by atoms with Gasteiger partial charge in [-0.1, -0.05) is 0 Å². The lowest BCUT2D eigenvalue weighted by molar-refractivity contribution is -0.118. The number of carboxylic acid groups (broad SMARTS) is 1. The van der Waals surface area contributed by atoms with Crippen molar-refractivity contribution in [3.05, 3.63) is 23.9 Å². The Labute approximate surface area is 109 Å². The summed E-state index contributed by atoms with van der Waals surface area (Å²) in [5.74, 6) is -1.84. The van der Waals surface area contributed by atoms with Gasteiger partial charge in [-0.3, -0.25) is 4.79 Å². The first kappa shape index (κ1) is 15.1. The molecule has 1 amide bonds. The summed E-state index contributed by atoms with van der Waals surface area (Å²) in [5, 5.41) is 8.34. The first-order valence-electron chi connectivity index (χ1n) is 5.22. The number of aromatic nitrogens is 1. The Bertz CT molecular complexity index is 582. The van der Waals surface area contributed by atoms with Crippen LogP contribution in [0.5, 0.6) is 0 Å². The molecule has 1 atom stereocenters. The first-order chi connectivity index (χ1) is 8.72. The van der Waals surface area contributed by atoms with Crippen LogP contribution in [-0.4, -0.2) is 36.4 Å². The largest absolute Gasteiger partial charge is 0.478 e. The number of nitrogens with one attached hydrogen (secondary N) is 1. The molecule has 0 aliphatic heterocycles. The van der Waals surface area contributed by atoms with Gasteiger partial charge in [-0.05, 0) is 19.1 Å². The van der Waals surface area contributed by atoms with Crippen molar-refractivity contribution in [3.63, 3.8) is 0 Å². The summed E-state index contributed by atoms with van der Waals surface area (Å²) in [6.45, 7) is 1.48. The SMILES string of the molecule is CC(CC(N)=O)NS(=O)(=O)c1ccc(C(=O)O)cn1. The van der Waals surface area contributed by atoms with Gasteiger partial charge in [-0.2, -0.15) is 0 Å². The zero-order valence-electron chi connectivity index (χ0n) is 10.0. The molecule has 1 rings (SSSR count). The lowest BCUT2D eigenvalue weighted by atomic mass is 10.2. The summed E-state index contributed by atoms with van der Waals surface area (Å²) < 4.78 is 25.9. The highest BCUT2D eigenvalue weighted by atomic mass is 32.2. The highest BCUT2D eigenvalue weighted by Crippen LogP contribution is 2.08. The molecular weight excluding hydrogens is 274 g/mol. The van der Waals surface area contributed by atoms with E-state index in [1.165, 1.54) is 6.92 Å². The Morgan fingerprint density at radius 3 is 2.53 bits per heavy atom.